The van der Waals surface area contributed by atoms with Crippen molar-refractivity contribution in [1.82, 2.24) is 14.9 Å². The number of nitrogens with zero attached hydrogens (tertiary/aromatic N) is 2. The molecule has 0 spiro atoms. The lowest BCUT2D eigenvalue weighted by molar-refractivity contribution is -0.149. The zero-order valence-electron chi connectivity index (χ0n) is 14.8. The highest BCUT2D eigenvalue weighted by Gasteiger charge is 2.36. The third-order valence-electron chi connectivity index (χ3n) is 4.49. The minimum atomic E-state index is -0.861. The van der Waals surface area contributed by atoms with Gasteiger partial charge in [-0.25, -0.2) is 4.98 Å². The van der Waals surface area contributed by atoms with Gasteiger partial charge < -0.3 is 9.72 Å². The van der Waals surface area contributed by atoms with Crippen LogP contribution in [0.1, 0.15) is 39.6 Å². The summed E-state index contributed by atoms with van der Waals surface area (Å²) in [7, 11) is 0. The van der Waals surface area contributed by atoms with Gasteiger partial charge in [-0.15, -0.1) is 0 Å². The smallest absolute Gasteiger partial charge is 0.326 e. The number of aromatic nitrogens is 2. The number of rotatable bonds is 4. The Kier molecular flexibility index (Phi) is 4.23. The van der Waals surface area contributed by atoms with Gasteiger partial charge in [0.2, 0.25) is 0 Å². The standard InChI is InChI=1S/C20H15N3O5/c1-11(17-21-15-9-5-4-8-14(15)18(25)22-17)28-16(24)10-23-19(26)12-6-2-3-7-13(12)20(23)27/h2-9,11H,10H2,1H3,(H,21,22,25)/t11-/m0/s1. The highest BCUT2D eigenvalue weighted by molar-refractivity contribution is 6.22. The van der Waals surface area contributed by atoms with E-state index in [0.717, 1.165) is 4.90 Å². The molecule has 28 heavy (non-hydrogen) atoms. The molecule has 140 valence electrons. The van der Waals surface area contributed by atoms with Crippen LogP contribution in [0.2, 0.25) is 0 Å². The molecule has 3 aromatic rings. The van der Waals surface area contributed by atoms with Gasteiger partial charge >= 0.3 is 5.97 Å². The molecule has 1 N–H and O–H groups in total. The first-order valence-corrected chi connectivity index (χ1v) is 8.59. The van der Waals surface area contributed by atoms with Crippen LogP contribution >= 0.6 is 0 Å². The molecule has 0 bridgehead atoms. The maximum Gasteiger partial charge on any atom is 0.326 e. The largest absolute Gasteiger partial charge is 0.453 e. The van der Waals surface area contributed by atoms with Crippen molar-refractivity contribution in [2.24, 2.45) is 0 Å². The second-order valence-corrected chi connectivity index (χ2v) is 6.34. The SMILES string of the molecule is C[C@H](OC(=O)CN1C(=O)c2ccccc2C1=O)c1nc2ccccc2c(=O)[nH]1. The summed E-state index contributed by atoms with van der Waals surface area (Å²) in [6.45, 7) is 1.03. The zero-order chi connectivity index (χ0) is 19.8. The fourth-order valence-electron chi connectivity index (χ4n) is 3.10. The van der Waals surface area contributed by atoms with E-state index in [4.69, 9.17) is 4.74 Å². The summed E-state index contributed by atoms with van der Waals surface area (Å²) >= 11 is 0. The number of benzene rings is 2. The van der Waals surface area contributed by atoms with E-state index < -0.39 is 30.4 Å². The fraction of sp³-hybridized carbons (Fsp3) is 0.150. The van der Waals surface area contributed by atoms with Gasteiger partial charge in [0.05, 0.1) is 22.0 Å². The van der Waals surface area contributed by atoms with Crippen LogP contribution in [0, 0.1) is 0 Å². The fourth-order valence-corrected chi connectivity index (χ4v) is 3.10. The van der Waals surface area contributed by atoms with Crippen LogP contribution in [0.5, 0.6) is 0 Å². The van der Waals surface area contributed by atoms with Crippen molar-refractivity contribution in [3.8, 4) is 0 Å². The average molecular weight is 377 g/mol. The minimum Gasteiger partial charge on any atom is -0.453 e. The zero-order valence-corrected chi connectivity index (χ0v) is 14.8. The molecule has 8 nitrogen and oxygen atoms in total. The lowest BCUT2D eigenvalue weighted by atomic mass is 10.1. The van der Waals surface area contributed by atoms with Crippen LogP contribution in [0.4, 0.5) is 0 Å². The Balaban J connectivity index is 1.50. The van der Waals surface area contributed by atoms with Gasteiger partial charge in [0.1, 0.15) is 6.54 Å². The lowest BCUT2D eigenvalue weighted by Gasteiger charge is -2.16. The number of carbonyl (C=O) groups is 3. The molecular formula is C20H15N3O5. The van der Waals surface area contributed by atoms with Crippen LogP contribution in [-0.2, 0) is 9.53 Å². The first kappa shape index (κ1) is 17.6. The first-order valence-electron chi connectivity index (χ1n) is 8.59. The van der Waals surface area contributed by atoms with Crippen molar-refractivity contribution in [2.45, 2.75) is 13.0 Å². The molecule has 1 atom stereocenters. The van der Waals surface area contributed by atoms with Crippen LogP contribution in [0.15, 0.2) is 53.3 Å². The summed E-state index contributed by atoms with van der Waals surface area (Å²) in [5.41, 5.74) is 0.649. The number of hydrogen-bond donors (Lipinski definition) is 1. The number of carbonyl (C=O) groups excluding carboxylic acids is 3. The van der Waals surface area contributed by atoms with E-state index >= 15 is 0 Å². The number of amides is 2. The Morgan fingerprint density at radius 2 is 1.64 bits per heavy atom. The molecule has 0 saturated carbocycles. The molecule has 8 heteroatoms. The van der Waals surface area contributed by atoms with Crippen LogP contribution in [0.3, 0.4) is 0 Å². The minimum absolute atomic E-state index is 0.180. The summed E-state index contributed by atoms with van der Waals surface area (Å²) in [5.74, 6) is -1.68. The van der Waals surface area contributed by atoms with Gasteiger partial charge in [-0.3, -0.25) is 24.1 Å². The van der Waals surface area contributed by atoms with E-state index in [1.165, 1.54) is 12.1 Å². The van der Waals surface area contributed by atoms with E-state index in [1.54, 1.807) is 43.3 Å². The summed E-state index contributed by atoms with van der Waals surface area (Å²) in [5, 5.41) is 0.427. The maximum atomic E-state index is 12.3. The van der Waals surface area contributed by atoms with Crippen LogP contribution in [0.25, 0.3) is 10.9 Å². The van der Waals surface area contributed by atoms with Gasteiger partial charge in [0.15, 0.2) is 11.9 Å². The van der Waals surface area contributed by atoms with E-state index in [-0.39, 0.29) is 22.5 Å². The van der Waals surface area contributed by atoms with Crippen molar-refractivity contribution < 1.29 is 19.1 Å². The monoisotopic (exact) mass is 377 g/mol. The van der Waals surface area contributed by atoms with Gasteiger partial charge in [0, 0.05) is 0 Å². The van der Waals surface area contributed by atoms with Crippen molar-refractivity contribution in [3.05, 3.63) is 75.8 Å². The Morgan fingerprint density at radius 1 is 1.04 bits per heavy atom. The number of fused-ring (bicyclic) bond motifs is 2. The predicted molar refractivity (Wildman–Crippen MR) is 98.7 cm³/mol. The number of imide groups is 1. The van der Waals surface area contributed by atoms with E-state index in [2.05, 4.69) is 9.97 Å². The quantitative estimate of drug-likeness (QED) is 0.549. The van der Waals surface area contributed by atoms with Crippen molar-refractivity contribution in [1.29, 1.82) is 0 Å². The molecule has 0 radical (unpaired) electrons. The van der Waals surface area contributed by atoms with Crippen molar-refractivity contribution >= 4 is 28.7 Å². The normalized spacial score (nSPS) is 14.2. The van der Waals surface area contributed by atoms with E-state index in [9.17, 15) is 19.2 Å². The number of esters is 1. The topological polar surface area (TPSA) is 109 Å². The number of nitrogens with one attached hydrogen (secondary N) is 1. The molecule has 4 rings (SSSR count). The molecule has 1 aliphatic heterocycles. The molecule has 2 aromatic carbocycles. The van der Waals surface area contributed by atoms with Gasteiger partial charge in [-0.2, -0.15) is 0 Å². The highest BCUT2D eigenvalue weighted by Crippen LogP contribution is 2.23. The lowest BCUT2D eigenvalue weighted by Crippen LogP contribution is -2.36. The van der Waals surface area contributed by atoms with Crippen molar-refractivity contribution in [2.75, 3.05) is 6.54 Å². The van der Waals surface area contributed by atoms with Crippen LogP contribution in [-0.4, -0.2) is 39.2 Å². The molecule has 0 fully saturated rings. The molecule has 0 aliphatic carbocycles. The maximum absolute atomic E-state index is 12.3. The molecule has 1 aromatic heterocycles. The predicted octanol–water partition coefficient (Wildman–Crippen LogP) is 1.82. The Morgan fingerprint density at radius 3 is 2.32 bits per heavy atom. The number of H-pyrrole nitrogens is 1. The molecule has 0 unspecified atom stereocenters. The summed E-state index contributed by atoms with van der Waals surface area (Å²) < 4.78 is 5.28. The van der Waals surface area contributed by atoms with Gasteiger partial charge in [-0.05, 0) is 31.2 Å². The molecular weight excluding hydrogens is 362 g/mol. The number of para-hydroxylation sites is 1. The van der Waals surface area contributed by atoms with E-state index in [0.29, 0.717) is 10.9 Å². The molecule has 1 aliphatic rings. The first-order chi connectivity index (χ1) is 13.5. The summed E-state index contributed by atoms with van der Waals surface area (Å²) in [4.78, 5) is 56.8. The Bertz CT molecular complexity index is 1150. The highest BCUT2D eigenvalue weighted by atomic mass is 16.5. The third-order valence-corrected chi connectivity index (χ3v) is 4.49. The number of ether oxygens (including phenoxy) is 1. The third kappa shape index (κ3) is 2.94. The summed E-state index contributed by atoms with van der Waals surface area (Å²) in [6.07, 6.45) is -0.861. The molecule has 0 saturated heterocycles. The number of hydrogen-bond acceptors (Lipinski definition) is 6. The number of aromatic amines is 1. The second kappa shape index (κ2) is 6.73. The second-order valence-electron chi connectivity index (χ2n) is 6.34. The summed E-state index contributed by atoms with van der Waals surface area (Å²) in [6, 6.07) is 13.2. The van der Waals surface area contributed by atoms with Crippen LogP contribution < -0.4 is 5.56 Å². The van der Waals surface area contributed by atoms with E-state index in [1.807, 2.05) is 0 Å². The Labute approximate surface area is 158 Å². The van der Waals surface area contributed by atoms with Crippen molar-refractivity contribution in [3.63, 3.8) is 0 Å². The average Bonchev–Trinajstić information content (AvgIpc) is 2.93. The van der Waals surface area contributed by atoms with Gasteiger partial charge in [-0.1, -0.05) is 24.3 Å². The molecule has 2 amide bonds. The Hall–Kier alpha value is -3.81. The van der Waals surface area contributed by atoms with Gasteiger partial charge in [0.25, 0.3) is 17.4 Å². The molecule has 2 heterocycles.